The molecule has 0 spiro atoms. The van der Waals surface area contributed by atoms with Crippen LogP contribution < -0.4 is 10.1 Å². The number of hydrogen-bond acceptors (Lipinski definition) is 4. The summed E-state index contributed by atoms with van der Waals surface area (Å²) in [6, 6.07) is 16.6. The lowest BCUT2D eigenvalue weighted by Crippen LogP contribution is -2.33. The molecule has 3 rings (SSSR count). The lowest BCUT2D eigenvalue weighted by molar-refractivity contribution is 0.0944. The standard InChI is InChI=1S/C21H22N2O2S/c1-3-25-19-10-8-18(9-11-19)17-6-4-16(5-7-17)12-15(2)23-21(24)20-13-22-14-26-20/h4-11,13-15H,3,12H2,1-2H3,(H,23,24). The first kappa shape index (κ1) is 18.1. The number of ether oxygens (including phenoxy) is 1. The summed E-state index contributed by atoms with van der Waals surface area (Å²) in [6.07, 6.45) is 2.38. The maximum absolute atomic E-state index is 12.1. The minimum Gasteiger partial charge on any atom is -0.494 e. The van der Waals surface area contributed by atoms with Crippen LogP contribution in [0.4, 0.5) is 0 Å². The van der Waals surface area contributed by atoms with Gasteiger partial charge in [-0.05, 0) is 49.1 Å². The molecule has 1 heterocycles. The Morgan fingerprint density at radius 2 is 1.77 bits per heavy atom. The molecule has 0 radical (unpaired) electrons. The molecule has 0 fully saturated rings. The van der Waals surface area contributed by atoms with Gasteiger partial charge in [-0.2, -0.15) is 0 Å². The Hall–Kier alpha value is -2.66. The molecule has 1 unspecified atom stereocenters. The van der Waals surface area contributed by atoms with Crippen molar-refractivity contribution >= 4 is 17.2 Å². The van der Waals surface area contributed by atoms with Crippen LogP contribution in [0.2, 0.25) is 0 Å². The van der Waals surface area contributed by atoms with E-state index in [2.05, 4.69) is 46.7 Å². The van der Waals surface area contributed by atoms with Crippen molar-refractivity contribution in [3.8, 4) is 16.9 Å². The first-order chi connectivity index (χ1) is 12.7. The minimum absolute atomic E-state index is 0.0564. The van der Waals surface area contributed by atoms with E-state index in [-0.39, 0.29) is 11.9 Å². The number of benzene rings is 2. The highest BCUT2D eigenvalue weighted by molar-refractivity contribution is 7.11. The van der Waals surface area contributed by atoms with Crippen LogP contribution in [0.5, 0.6) is 5.75 Å². The lowest BCUT2D eigenvalue weighted by Gasteiger charge is -2.13. The zero-order chi connectivity index (χ0) is 18.4. The fraction of sp³-hybridized carbons (Fsp3) is 0.238. The average molecular weight is 366 g/mol. The van der Waals surface area contributed by atoms with Crippen molar-refractivity contribution in [3.05, 3.63) is 70.7 Å². The third-order valence-electron chi connectivity index (χ3n) is 4.03. The van der Waals surface area contributed by atoms with Gasteiger partial charge in [0, 0.05) is 6.04 Å². The summed E-state index contributed by atoms with van der Waals surface area (Å²) in [4.78, 5) is 16.6. The molecular formula is C21H22N2O2S. The number of carbonyl (C=O) groups excluding carboxylic acids is 1. The minimum atomic E-state index is -0.0639. The van der Waals surface area contributed by atoms with Crippen molar-refractivity contribution in [3.63, 3.8) is 0 Å². The highest BCUT2D eigenvalue weighted by atomic mass is 32.1. The van der Waals surface area contributed by atoms with E-state index in [1.54, 1.807) is 11.7 Å². The van der Waals surface area contributed by atoms with E-state index in [4.69, 9.17) is 4.74 Å². The molecule has 0 saturated heterocycles. The van der Waals surface area contributed by atoms with Gasteiger partial charge in [0.25, 0.3) is 5.91 Å². The van der Waals surface area contributed by atoms with E-state index in [0.717, 1.165) is 23.3 Å². The van der Waals surface area contributed by atoms with Crippen LogP contribution >= 0.6 is 11.3 Å². The summed E-state index contributed by atoms with van der Waals surface area (Å²) in [7, 11) is 0. The lowest BCUT2D eigenvalue weighted by atomic mass is 10.0. The second kappa shape index (κ2) is 8.63. The van der Waals surface area contributed by atoms with Crippen LogP contribution in [0.3, 0.4) is 0 Å². The molecule has 1 N–H and O–H groups in total. The molecule has 3 aromatic rings. The highest BCUT2D eigenvalue weighted by Crippen LogP contribution is 2.23. The molecule has 0 aliphatic heterocycles. The summed E-state index contributed by atoms with van der Waals surface area (Å²) in [6.45, 7) is 4.67. The van der Waals surface area contributed by atoms with Crippen molar-refractivity contribution in [1.29, 1.82) is 0 Å². The van der Waals surface area contributed by atoms with Gasteiger partial charge in [0.2, 0.25) is 0 Å². The number of amides is 1. The summed E-state index contributed by atoms with van der Waals surface area (Å²) in [5, 5.41) is 3.01. The van der Waals surface area contributed by atoms with Crippen molar-refractivity contribution in [2.75, 3.05) is 6.61 Å². The van der Waals surface area contributed by atoms with Gasteiger partial charge in [0.15, 0.2) is 0 Å². The van der Waals surface area contributed by atoms with Crippen molar-refractivity contribution < 1.29 is 9.53 Å². The average Bonchev–Trinajstić information content (AvgIpc) is 3.18. The Morgan fingerprint density at radius 3 is 2.35 bits per heavy atom. The van der Waals surface area contributed by atoms with Crippen molar-refractivity contribution in [1.82, 2.24) is 10.3 Å². The molecule has 5 heteroatoms. The van der Waals surface area contributed by atoms with Crippen molar-refractivity contribution in [2.24, 2.45) is 0 Å². The van der Waals surface area contributed by atoms with Crippen LogP contribution in [0.25, 0.3) is 11.1 Å². The fourth-order valence-electron chi connectivity index (χ4n) is 2.77. The van der Waals surface area contributed by atoms with Gasteiger partial charge in [-0.3, -0.25) is 9.78 Å². The van der Waals surface area contributed by atoms with Gasteiger partial charge in [0.1, 0.15) is 10.6 Å². The quantitative estimate of drug-likeness (QED) is 0.666. The zero-order valence-corrected chi connectivity index (χ0v) is 15.8. The van der Waals surface area contributed by atoms with E-state index >= 15 is 0 Å². The first-order valence-electron chi connectivity index (χ1n) is 8.67. The van der Waals surface area contributed by atoms with E-state index in [1.807, 2.05) is 26.0 Å². The van der Waals surface area contributed by atoms with E-state index in [0.29, 0.717) is 11.5 Å². The van der Waals surface area contributed by atoms with Crippen LogP contribution in [0.1, 0.15) is 29.1 Å². The Kier molecular flexibility index (Phi) is 6.02. The van der Waals surface area contributed by atoms with Crippen LogP contribution in [-0.2, 0) is 6.42 Å². The third kappa shape index (κ3) is 4.70. The molecule has 0 bridgehead atoms. The number of nitrogens with one attached hydrogen (secondary N) is 1. The highest BCUT2D eigenvalue weighted by Gasteiger charge is 2.11. The van der Waals surface area contributed by atoms with Gasteiger partial charge in [0.05, 0.1) is 18.3 Å². The largest absolute Gasteiger partial charge is 0.494 e. The maximum Gasteiger partial charge on any atom is 0.263 e. The number of aromatic nitrogens is 1. The first-order valence-corrected chi connectivity index (χ1v) is 9.55. The Morgan fingerprint density at radius 1 is 1.12 bits per heavy atom. The number of hydrogen-bond donors (Lipinski definition) is 1. The molecular weight excluding hydrogens is 344 g/mol. The molecule has 1 amide bonds. The molecule has 0 saturated carbocycles. The number of nitrogens with zero attached hydrogens (tertiary/aromatic N) is 1. The molecule has 134 valence electrons. The Bertz CT molecular complexity index is 827. The summed E-state index contributed by atoms with van der Waals surface area (Å²) in [5.41, 5.74) is 5.18. The normalized spacial score (nSPS) is 11.8. The fourth-order valence-corrected chi connectivity index (χ4v) is 3.29. The molecule has 4 nitrogen and oxygen atoms in total. The Labute approximate surface area is 157 Å². The molecule has 0 aliphatic carbocycles. The van der Waals surface area contributed by atoms with E-state index < -0.39 is 0 Å². The molecule has 0 aliphatic rings. The van der Waals surface area contributed by atoms with Crippen LogP contribution in [-0.4, -0.2) is 23.5 Å². The summed E-state index contributed by atoms with van der Waals surface area (Å²) < 4.78 is 5.48. The van der Waals surface area contributed by atoms with E-state index in [1.165, 1.54) is 16.9 Å². The van der Waals surface area contributed by atoms with Gasteiger partial charge in [-0.15, -0.1) is 11.3 Å². The predicted molar refractivity (Wildman–Crippen MR) is 106 cm³/mol. The number of thiazole rings is 1. The summed E-state index contributed by atoms with van der Waals surface area (Å²) >= 11 is 1.35. The van der Waals surface area contributed by atoms with Gasteiger partial charge in [-0.1, -0.05) is 36.4 Å². The third-order valence-corrected chi connectivity index (χ3v) is 4.80. The topological polar surface area (TPSA) is 51.2 Å². The van der Waals surface area contributed by atoms with E-state index in [9.17, 15) is 4.79 Å². The maximum atomic E-state index is 12.1. The summed E-state index contributed by atoms with van der Waals surface area (Å²) in [5.74, 6) is 0.824. The van der Waals surface area contributed by atoms with Crippen LogP contribution in [0.15, 0.2) is 60.2 Å². The Balaban J connectivity index is 1.59. The SMILES string of the molecule is CCOc1ccc(-c2ccc(CC(C)NC(=O)c3cncs3)cc2)cc1. The van der Waals surface area contributed by atoms with Gasteiger partial charge >= 0.3 is 0 Å². The molecule has 26 heavy (non-hydrogen) atoms. The second-order valence-electron chi connectivity index (χ2n) is 6.10. The smallest absolute Gasteiger partial charge is 0.263 e. The number of rotatable bonds is 7. The van der Waals surface area contributed by atoms with Gasteiger partial charge < -0.3 is 10.1 Å². The van der Waals surface area contributed by atoms with Crippen molar-refractivity contribution in [2.45, 2.75) is 26.3 Å². The van der Waals surface area contributed by atoms with Crippen LogP contribution in [0, 0.1) is 0 Å². The molecule has 2 aromatic carbocycles. The molecule has 1 atom stereocenters. The number of carbonyl (C=O) groups is 1. The zero-order valence-electron chi connectivity index (χ0n) is 14.9. The molecule has 1 aromatic heterocycles. The van der Waals surface area contributed by atoms with Gasteiger partial charge in [-0.25, -0.2) is 0 Å². The predicted octanol–water partition coefficient (Wildman–Crippen LogP) is 4.57. The second-order valence-corrected chi connectivity index (χ2v) is 6.98. The monoisotopic (exact) mass is 366 g/mol.